The van der Waals surface area contributed by atoms with Crippen molar-refractivity contribution in [2.45, 2.75) is 96.6 Å². The van der Waals surface area contributed by atoms with E-state index in [1.54, 1.807) is 37.1 Å². The van der Waals surface area contributed by atoms with Crippen LogP contribution in [0.2, 0.25) is 0 Å². The predicted octanol–water partition coefficient (Wildman–Crippen LogP) is 7.18. The van der Waals surface area contributed by atoms with E-state index in [1.165, 1.54) is 17.0 Å². The number of halogens is 3. The smallest absolute Gasteiger partial charge is 0.416 e. The number of urea groups is 1. The number of hydrogen-bond donors (Lipinski definition) is 3. The van der Waals surface area contributed by atoms with Gasteiger partial charge in [0.1, 0.15) is 5.75 Å². The van der Waals surface area contributed by atoms with Gasteiger partial charge in [0, 0.05) is 50.0 Å². The molecular formula is C37H51F3N4O6. The van der Waals surface area contributed by atoms with Crippen LogP contribution in [0.3, 0.4) is 0 Å². The number of ether oxygens (including phenoxy) is 2. The third-order valence-corrected chi connectivity index (χ3v) is 9.56. The molecule has 50 heavy (non-hydrogen) atoms. The highest BCUT2D eigenvalue weighted by atomic mass is 19.4. The zero-order valence-electron chi connectivity index (χ0n) is 29.4. The van der Waals surface area contributed by atoms with Crippen molar-refractivity contribution in [3.63, 3.8) is 0 Å². The van der Waals surface area contributed by atoms with Crippen LogP contribution in [0.25, 0.3) is 0 Å². The molecule has 3 N–H and O–H groups in total. The number of carbonyl (C=O) groups is 3. The molecule has 276 valence electrons. The van der Waals surface area contributed by atoms with Crippen molar-refractivity contribution < 1.29 is 42.1 Å². The lowest BCUT2D eigenvalue weighted by Crippen LogP contribution is -2.48. The van der Waals surface area contributed by atoms with Crippen LogP contribution in [0, 0.1) is 11.8 Å². The van der Waals surface area contributed by atoms with Crippen molar-refractivity contribution in [3.8, 4) is 5.75 Å². The van der Waals surface area contributed by atoms with Crippen molar-refractivity contribution in [2.75, 3.05) is 44.0 Å². The molecular weight excluding hydrogens is 653 g/mol. The van der Waals surface area contributed by atoms with Gasteiger partial charge in [0.25, 0.3) is 5.91 Å². The summed E-state index contributed by atoms with van der Waals surface area (Å²) in [5.74, 6) is -0.421. The highest BCUT2D eigenvalue weighted by Gasteiger charge is 2.32. The second kappa shape index (κ2) is 17.9. The van der Waals surface area contributed by atoms with Crippen LogP contribution in [-0.2, 0) is 15.7 Å². The third kappa shape index (κ3) is 10.8. The molecule has 1 fully saturated rings. The Morgan fingerprint density at radius 3 is 2.30 bits per heavy atom. The van der Waals surface area contributed by atoms with Gasteiger partial charge in [-0.05, 0) is 88.4 Å². The first-order valence-corrected chi connectivity index (χ1v) is 17.6. The number of aliphatic hydroxyl groups excluding tert-OH is 1. The molecule has 0 spiro atoms. The number of rotatable bonds is 7. The standard InChI is InChI=1S/C37H51F3N4O6/c1-24-21-44(25(2)23-45)35(47)31-20-30(41-34(46)27-11-6-5-7-12-27)17-18-32(31)50-26(3)10-8-9-19-49-33(24)22-43(4)36(48)42-29-15-13-28(14-16-29)37(38,39)40/h13-18,20,24-27,33,45H,5-12,19,21-23H2,1-4H3,(H,41,46)(H,42,48)/t24-,25-,26-,33-/m1/s1. The third-order valence-electron chi connectivity index (χ3n) is 9.56. The van der Waals surface area contributed by atoms with Gasteiger partial charge < -0.3 is 35.0 Å². The summed E-state index contributed by atoms with van der Waals surface area (Å²) in [7, 11) is 1.57. The summed E-state index contributed by atoms with van der Waals surface area (Å²) < 4.78 is 51.6. The normalized spacial score (nSPS) is 22.0. The number of amides is 4. The van der Waals surface area contributed by atoms with E-state index in [1.807, 2.05) is 13.8 Å². The van der Waals surface area contributed by atoms with Crippen molar-refractivity contribution in [1.29, 1.82) is 0 Å². The van der Waals surface area contributed by atoms with Crippen LogP contribution >= 0.6 is 0 Å². The van der Waals surface area contributed by atoms with Crippen molar-refractivity contribution in [2.24, 2.45) is 11.8 Å². The maximum Gasteiger partial charge on any atom is 0.416 e. The second-order valence-electron chi connectivity index (χ2n) is 13.7. The zero-order chi connectivity index (χ0) is 36.4. The maximum atomic E-state index is 14.4. The summed E-state index contributed by atoms with van der Waals surface area (Å²) in [6.07, 6.45) is 1.84. The zero-order valence-corrected chi connectivity index (χ0v) is 29.4. The molecule has 4 atom stereocenters. The molecule has 0 aromatic heterocycles. The van der Waals surface area contributed by atoms with Gasteiger partial charge >= 0.3 is 12.2 Å². The van der Waals surface area contributed by atoms with Crippen LogP contribution in [0.15, 0.2) is 42.5 Å². The average Bonchev–Trinajstić information content (AvgIpc) is 3.09. The lowest BCUT2D eigenvalue weighted by atomic mass is 9.88. The Balaban J connectivity index is 1.55. The predicted molar refractivity (Wildman–Crippen MR) is 185 cm³/mol. The van der Waals surface area contributed by atoms with Gasteiger partial charge in [-0.25, -0.2) is 4.79 Å². The number of benzene rings is 2. The molecule has 10 nitrogen and oxygen atoms in total. The highest BCUT2D eigenvalue weighted by molar-refractivity contribution is 6.00. The molecule has 0 radical (unpaired) electrons. The molecule has 2 aromatic rings. The van der Waals surface area contributed by atoms with Crippen LogP contribution in [0.1, 0.15) is 88.1 Å². The van der Waals surface area contributed by atoms with Crippen LogP contribution in [0.5, 0.6) is 5.75 Å². The number of fused-ring (bicyclic) bond motifs is 1. The molecule has 1 aliphatic heterocycles. The lowest BCUT2D eigenvalue weighted by molar-refractivity contribution is -0.137. The van der Waals surface area contributed by atoms with Crippen molar-refractivity contribution >= 4 is 29.2 Å². The summed E-state index contributed by atoms with van der Waals surface area (Å²) in [5.41, 5.74) is 0.170. The molecule has 0 unspecified atom stereocenters. The number of aliphatic hydroxyl groups is 1. The number of nitrogens with zero attached hydrogens (tertiary/aromatic N) is 2. The number of anilines is 2. The number of hydrogen-bond acceptors (Lipinski definition) is 6. The van der Waals surface area contributed by atoms with E-state index < -0.39 is 29.9 Å². The Kier molecular flexibility index (Phi) is 13.9. The van der Waals surface area contributed by atoms with Crippen molar-refractivity contribution in [3.05, 3.63) is 53.6 Å². The molecule has 0 bridgehead atoms. The molecule has 2 aromatic carbocycles. The Morgan fingerprint density at radius 2 is 1.64 bits per heavy atom. The topological polar surface area (TPSA) is 120 Å². The number of nitrogens with one attached hydrogen (secondary N) is 2. The summed E-state index contributed by atoms with van der Waals surface area (Å²) in [5, 5.41) is 15.9. The van der Waals surface area contributed by atoms with Gasteiger partial charge in [-0.15, -0.1) is 0 Å². The molecule has 4 rings (SSSR count). The fourth-order valence-corrected chi connectivity index (χ4v) is 6.39. The number of alkyl halides is 3. The van der Waals surface area contributed by atoms with E-state index in [-0.39, 0.29) is 60.7 Å². The van der Waals surface area contributed by atoms with E-state index in [0.717, 1.165) is 57.1 Å². The molecule has 2 aliphatic rings. The molecule has 0 saturated heterocycles. The molecule has 1 aliphatic carbocycles. The SMILES string of the molecule is C[C@@H]1CCCCO[C@H](CN(C)C(=O)Nc2ccc(C(F)(F)F)cc2)[C@H](C)CN([C@H](C)CO)C(=O)c2cc(NC(=O)C3CCCCC3)ccc2O1. The van der Waals surface area contributed by atoms with Gasteiger partial charge in [0.2, 0.25) is 5.91 Å². The minimum atomic E-state index is -4.48. The number of likely N-dealkylation sites (N-methyl/N-ethyl adjacent to an activating group) is 1. The minimum absolute atomic E-state index is 0.0621. The molecule has 1 saturated carbocycles. The van der Waals surface area contributed by atoms with E-state index in [9.17, 15) is 32.7 Å². The summed E-state index contributed by atoms with van der Waals surface area (Å²) in [6.45, 7) is 5.99. The summed E-state index contributed by atoms with van der Waals surface area (Å²) in [4.78, 5) is 43.5. The van der Waals surface area contributed by atoms with E-state index in [4.69, 9.17) is 9.47 Å². The van der Waals surface area contributed by atoms with Crippen LogP contribution in [-0.4, -0.2) is 84.4 Å². The Morgan fingerprint density at radius 1 is 0.980 bits per heavy atom. The monoisotopic (exact) mass is 704 g/mol. The fraction of sp³-hybridized carbons (Fsp3) is 0.595. The van der Waals surface area contributed by atoms with Crippen molar-refractivity contribution in [1.82, 2.24) is 9.80 Å². The largest absolute Gasteiger partial charge is 0.490 e. The Hall–Kier alpha value is -3.84. The lowest BCUT2D eigenvalue weighted by Gasteiger charge is -2.35. The van der Waals surface area contributed by atoms with E-state index in [2.05, 4.69) is 10.6 Å². The van der Waals surface area contributed by atoms with Crippen LogP contribution < -0.4 is 15.4 Å². The Bertz CT molecular complexity index is 1430. The van der Waals surface area contributed by atoms with Gasteiger partial charge in [0.15, 0.2) is 0 Å². The second-order valence-corrected chi connectivity index (χ2v) is 13.7. The average molecular weight is 705 g/mol. The van der Waals surface area contributed by atoms with Gasteiger partial charge in [-0.1, -0.05) is 26.2 Å². The first-order valence-electron chi connectivity index (χ1n) is 17.6. The maximum absolute atomic E-state index is 14.4. The fourth-order valence-electron chi connectivity index (χ4n) is 6.39. The molecule has 13 heteroatoms. The molecule has 4 amide bonds. The summed E-state index contributed by atoms with van der Waals surface area (Å²) >= 11 is 0. The quantitative estimate of drug-likeness (QED) is 0.281. The van der Waals surface area contributed by atoms with Gasteiger partial charge in [-0.2, -0.15) is 13.2 Å². The van der Waals surface area contributed by atoms with Crippen LogP contribution in [0.4, 0.5) is 29.3 Å². The van der Waals surface area contributed by atoms with E-state index in [0.29, 0.717) is 24.5 Å². The first-order chi connectivity index (χ1) is 23.8. The van der Waals surface area contributed by atoms with Gasteiger partial charge in [0.05, 0.1) is 36.0 Å². The summed E-state index contributed by atoms with van der Waals surface area (Å²) in [6, 6.07) is 8.22. The minimum Gasteiger partial charge on any atom is -0.490 e. The van der Waals surface area contributed by atoms with E-state index >= 15 is 0 Å². The first kappa shape index (κ1) is 39.0. The highest BCUT2D eigenvalue weighted by Crippen LogP contribution is 2.31. The number of carbonyl (C=O) groups excluding carboxylic acids is 3. The molecule has 1 heterocycles. The van der Waals surface area contributed by atoms with Gasteiger partial charge in [-0.3, -0.25) is 9.59 Å². The Labute approximate surface area is 292 Å².